The summed E-state index contributed by atoms with van der Waals surface area (Å²) >= 11 is 0. The zero-order valence-corrected chi connectivity index (χ0v) is 11.3. The van der Waals surface area contributed by atoms with E-state index in [9.17, 15) is 5.11 Å². The summed E-state index contributed by atoms with van der Waals surface area (Å²) in [6.45, 7) is 9.81. The second-order valence-corrected chi connectivity index (χ2v) is 5.17. The highest BCUT2D eigenvalue weighted by molar-refractivity contribution is 4.76. The van der Waals surface area contributed by atoms with Crippen LogP contribution in [0.3, 0.4) is 0 Å². The molecule has 0 saturated heterocycles. The van der Waals surface area contributed by atoms with Crippen molar-refractivity contribution in [3.05, 3.63) is 0 Å². The van der Waals surface area contributed by atoms with Crippen LogP contribution in [0.25, 0.3) is 0 Å². The predicted octanol–water partition coefficient (Wildman–Crippen LogP) is 0.988. The minimum atomic E-state index is -0.332. The van der Waals surface area contributed by atoms with Crippen LogP contribution in [0, 0.1) is 5.41 Å². The van der Waals surface area contributed by atoms with E-state index in [4.69, 9.17) is 9.47 Å². The average Bonchev–Trinajstić information content (AvgIpc) is 2.20. The molecule has 1 unspecified atom stereocenters. The second-order valence-electron chi connectivity index (χ2n) is 5.17. The Morgan fingerprint density at radius 2 is 1.50 bits per heavy atom. The number of methoxy groups -OCH3 is 2. The number of hydrogen-bond acceptors (Lipinski definition) is 4. The molecule has 4 nitrogen and oxygen atoms in total. The molecule has 0 heterocycles. The Bertz CT molecular complexity index is 160. The van der Waals surface area contributed by atoms with E-state index in [2.05, 4.69) is 4.90 Å². The Kier molecular flexibility index (Phi) is 7.93. The summed E-state index contributed by atoms with van der Waals surface area (Å²) in [5.74, 6) is 0. The van der Waals surface area contributed by atoms with Gasteiger partial charge in [0, 0.05) is 33.9 Å². The van der Waals surface area contributed by atoms with Crippen LogP contribution in [-0.2, 0) is 9.47 Å². The molecule has 16 heavy (non-hydrogen) atoms. The minimum absolute atomic E-state index is 0.0849. The van der Waals surface area contributed by atoms with Gasteiger partial charge < -0.3 is 14.6 Å². The molecule has 0 aromatic rings. The number of hydrogen-bond donors (Lipinski definition) is 1. The summed E-state index contributed by atoms with van der Waals surface area (Å²) < 4.78 is 10.1. The highest BCUT2D eigenvalue weighted by Gasteiger charge is 2.24. The van der Waals surface area contributed by atoms with Crippen LogP contribution < -0.4 is 0 Å². The van der Waals surface area contributed by atoms with Gasteiger partial charge in [0.25, 0.3) is 0 Å². The topological polar surface area (TPSA) is 41.9 Å². The van der Waals surface area contributed by atoms with Crippen LogP contribution in [-0.4, -0.2) is 63.2 Å². The molecule has 0 aromatic heterocycles. The molecule has 0 amide bonds. The number of rotatable bonds is 8. The summed E-state index contributed by atoms with van der Waals surface area (Å²) in [6, 6.07) is 0. The molecule has 0 aliphatic heterocycles. The summed E-state index contributed by atoms with van der Waals surface area (Å²) in [5, 5.41) is 10.0. The van der Waals surface area contributed by atoms with Crippen molar-refractivity contribution in [2.75, 3.05) is 47.1 Å². The molecule has 0 spiro atoms. The smallest absolute Gasteiger partial charge is 0.0715 e. The van der Waals surface area contributed by atoms with Crippen molar-refractivity contribution in [2.45, 2.75) is 26.9 Å². The number of aliphatic hydroxyl groups is 1. The molecule has 1 atom stereocenters. The van der Waals surface area contributed by atoms with E-state index in [0.29, 0.717) is 19.8 Å². The highest BCUT2D eigenvalue weighted by atomic mass is 16.5. The average molecular weight is 233 g/mol. The molecular weight excluding hydrogens is 206 g/mol. The van der Waals surface area contributed by atoms with Crippen molar-refractivity contribution < 1.29 is 14.6 Å². The van der Waals surface area contributed by atoms with Gasteiger partial charge >= 0.3 is 0 Å². The molecule has 98 valence electrons. The van der Waals surface area contributed by atoms with Crippen molar-refractivity contribution in [2.24, 2.45) is 5.41 Å². The molecular formula is C12H27NO3. The van der Waals surface area contributed by atoms with E-state index in [1.165, 1.54) is 0 Å². The first-order valence-electron chi connectivity index (χ1n) is 5.80. The van der Waals surface area contributed by atoms with Gasteiger partial charge in [-0.15, -0.1) is 0 Å². The molecule has 4 heteroatoms. The van der Waals surface area contributed by atoms with Gasteiger partial charge in [-0.2, -0.15) is 0 Å². The first kappa shape index (κ1) is 15.8. The lowest BCUT2D eigenvalue weighted by Gasteiger charge is -2.31. The Balaban J connectivity index is 4.07. The van der Waals surface area contributed by atoms with Crippen molar-refractivity contribution in [1.82, 2.24) is 4.90 Å². The standard InChI is InChI=1S/C12H27NO3/c1-12(2,3)11(14)10-13(6-8-15-4)7-9-16-5/h11,14H,6-10H2,1-5H3. The third-order valence-electron chi connectivity index (χ3n) is 2.65. The van der Waals surface area contributed by atoms with Crippen LogP contribution in [0.4, 0.5) is 0 Å². The SMILES string of the molecule is COCCN(CCOC)CC(O)C(C)(C)C. The first-order chi connectivity index (χ1) is 7.41. The number of aliphatic hydroxyl groups excluding tert-OH is 1. The largest absolute Gasteiger partial charge is 0.391 e. The molecule has 1 N–H and O–H groups in total. The van der Waals surface area contributed by atoms with Crippen molar-refractivity contribution in [1.29, 1.82) is 0 Å². The van der Waals surface area contributed by atoms with Crippen LogP contribution in [0.2, 0.25) is 0 Å². The molecule has 0 aromatic carbocycles. The third-order valence-corrected chi connectivity index (χ3v) is 2.65. The Morgan fingerprint density at radius 3 is 1.81 bits per heavy atom. The monoisotopic (exact) mass is 233 g/mol. The van der Waals surface area contributed by atoms with Gasteiger partial charge in [-0.25, -0.2) is 0 Å². The molecule has 0 aliphatic carbocycles. The fraction of sp³-hybridized carbons (Fsp3) is 1.00. The lowest BCUT2D eigenvalue weighted by atomic mass is 9.89. The van der Waals surface area contributed by atoms with E-state index in [0.717, 1.165) is 13.1 Å². The fourth-order valence-electron chi connectivity index (χ4n) is 1.25. The summed E-state index contributed by atoms with van der Waals surface area (Å²) in [5.41, 5.74) is -0.0849. The van der Waals surface area contributed by atoms with E-state index in [1.807, 2.05) is 20.8 Å². The Morgan fingerprint density at radius 1 is 1.06 bits per heavy atom. The first-order valence-corrected chi connectivity index (χ1v) is 5.80. The molecule has 0 saturated carbocycles. The summed E-state index contributed by atoms with van der Waals surface area (Å²) in [7, 11) is 3.38. The molecule has 0 bridgehead atoms. The maximum absolute atomic E-state index is 10.0. The lowest BCUT2D eigenvalue weighted by Crippen LogP contribution is -2.42. The van der Waals surface area contributed by atoms with Gasteiger partial charge in [0.15, 0.2) is 0 Å². The fourth-order valence-corrected chi connectivity index (χ4v) is 1.25. The van der Waals surface area contributed by atoms with Gasteiger partial charge in [0.05, 0.1) is 19.3 Å². The zero-order chi connectivity index (χ0) is 12.6. The zero-order valence-electron chi connectivity index (χ0n) is 11.3. The molecule has 0 rings (SSSR count). The van der Waals surface area contributed by atoms with Gasteiger partial charge in [-0.1, -0.05) is 20.8 Å². The van der Waals surface area contributed by atoms with Crippen LogP contribution in [0.15, 0.2) is 0 Å². The molecule has 0 radical (unpaired) electrons. The lowest BCUT2D eigenvalue weighted by molar-refractivity contribution is 0.0146. The summed E-state index contributed by atoms with van der Waals surface area (Å²) in [6.07, 6.45) is -0.332. The number of nitrogens with zero attached hydrogens (tertiary/aromatic N) is 1. The van der Waals surface area contributed by atoms with Crippen LogP contribution in [0.5, 0.6) is 0 Å². The van der Waals surface area contributed by atoms with Crippen molar-refractivity contribution >= 4 is 0 Å². The van der Waals surface area contributed by atoms with E-state index >= 15 is 0 Å². The second kappa shape index (κ2) is 8.01. The van der Waals surface area contributed by atoms with Crippen molar-refractivity contribution in [3.8, 4) is 0 Å². The Labute approximate surface area is 99.5 Å². The maximum Gasteiger partial charge on any atom is 0.0715 e. The quantitative estimate of drug-likeness (QED) is 0.679. The molecule has 0 fully saturated rings. The summed E-state index contributed by atoms with van der Waals surface area (Å²) in [4.78, 5) is 2.17. The normalized spacial score (nSPS) is 14.4. The minimum Gasteiger partial charge on any atom is -0.391 e. The van der Waals surface area contributed by atoms with E-state index in [-0.39, 0.29) is 11.5 Å². The third kappa shape index (κ3) is 7.17. The predicted molar refractivity (Wildman–Crippen MR) is 65.7 cm³/mol. The number of ether oxygens (including phenoxy) is 2. The van der Waals surface area contributed by atoms with Gasteiger partial charge in [0.2, 0.25) is 0 Å². The van der Waals surface area contributed by atoms with E-state index in [1.54, 1.807) is 14.2 Å². The van der Waals surface area contributed by atoms with Gasteiger partial charge in [-0.05, 0) is 5.41 Å². The van der Waals surface area contributed by atoms with Crippen LogP contribution >= 0.6 is 0 Å². The maximum atomic E-state index is 10.0. The molecule has 0 aliphatic rings. The van der Waals surface area contributed by atoms with Crippen LogP contribution in [0.1, 0.15) is 20.8 Å². The van der Waals surface area contributed by atoms with E-state index < -0.39 is 0 Å². The van der Waals surface area contributed by atoms with Gasteiger partial charge in [-0.3, -0.25) is 4.90 Å². The van der Waals surface area contributed by atoms with Crippen molar-refractivity contribution in [3.63, 3.8) is 0 Å². The van der Waals surface area contributed by atoms with Gasteiger partial charge in [0.1, 0.15) is 0 Å². The highest BCUT2D eigenvalue weighted by Crippen LogP contribution is 2.19. The Hall–Kier alpha value is -0.160.